The molecule has 0 radical (unpaired) electrons. The summed E-state index contributed by atoms with van der Waals surface area (Å²) < 4.78 is 16.0. The molecule has 0 bridgehead atoms. The Morgan fingerprint density at radius 3 is 2.62 bits per heavy atom. The monoisotopic (exact) mass is 445 g/mol. The largest absolute Gasteiger partial charge is 0.497 e. The van der Waals surface area contributed by atoms with Crippen LogP contribution >= 0.6 is 24.0 Å². The maximum absolute atomic E-state index is 5.44. The fourth-order valence-electron chi connectivity index (χ4n) is 2.28. The first-order valence-corrected chi connectivity index (χ1v) is 7.33. The van der Waals surface area contributed by atoms with Gasteiger partial charge >= 0.3 is 0 Å². The van der Waals surface area contributed by atoms with Crippen molar-refractivity contribution in [3.63, 3.8) is 0 Å². The molecule has 1 N–H and O–H groups in total. The van der Waals surface area contributed by atoms with Crippen LogP contribution in [0.25, 0.3) is 0 Å². The molecule has 0 atom stereocenters. The Hall–Kier alpha value is -1.90. The van der Waals surface area contributed by atoms with Crippen molar-refractivity contribution >= 4 is 29.9 Å². The Balaban J connectivity index is 0.00000288. The van der Waals surface area contributed by atoms with E-state index in [1.165, 1.54) is 0 Å². The van der Waals surface area contributed by atoms with Crippen LogP contribution in [0.5, 0.6) is 11.5 Å². The number of hydrogen-bond acceptors (Lipinski definition) is 4. The number of halogens is 1. The van der Waals surface area contributed by atoms with E-state index in [9.17, 15) is 0 Å². The molecule has 132 valence electrons. The molecule has 0 unspecified atom stereocenters. The van der Waals surface area contributed by atoms with Crippen LogP contribution in [0.1, 0.15) is 11.3 Å². The van der Waals surface area contributed by atoms with E-state index >= 15 is 0 Å². The average Bonchev–Trinajstić information content (AvgIpc) is 3.09. The third-order valence-corrected chi connectivity index (χ3v) is 3.48. The predicted octanol–water partition coefficient (Wildman–Crippen LogP) is 3.12. The highest BCUT2D eigenvalue weighted by Crippen LogP contribution is 2.25. The van der Waals surface area contributed by atoms with Crippen LogP contribution in [0, 0.1) is 0 Å². The molecule has 2 rings (SSSR count). The summed E-state index contributed by atoms with van der Waals surface area (Å²) in [6.07, 6.45) is 1.66. The SMILES string of the molecule is CN=C(NCc1ccco1)N(C)Cc1ccc(OC)cc1OC.I. The number of hydrogen-bond donors (Lipinski definition) is 1. The van der Waals surface area contributed by atoms with E-state index in [1.54, 1.807) is 27.5 Å². The van der Waals surface area contributed by atoms with Crippen LogP contribution in [0.2, 0.25) is 0 Å². The summed E-state index contributed by atoms with van der Waals surface area (Å²) >= 11 is 0. The maximum atomic E-state index is 5.44. The molecular formula is C17H24IN3O3. The number of rotatable bonds is 6. The quantitative estimate of drug-likeness (QED) is 0.421. The molecule has 0 aliphatic heterocycles. The highest BCUT2D eigenvalue weighted by atomic mass is 127. The highest BCUT2D eigenvalue weighted by Gasteiger charge is 2.11. The minimum atomic E-state index is 0. The van der Waals surface area contributed by atoms with Gasteiger partial charge in [0, 0.05) is 32.3 Å². The van der Waals surface area contributed by atoms with E-state index < -0.39 is 0 Å². The second kappa shape index (κ2) is 10.1. The molecule has 0 spiro atoms. The summed E-state index contributed by atoms with van der Waals surface area (Å²) in [6, 6.07) is 9.58. The van der Waals surface area contributed by atoms with Crippen molar-refractivity contribution in [2.75, 3.05) is 28.3 Å². The van der Waals surface area contributed by atoms with Gasteiger partial charge in [0.15, 0.2) is 5.96 Å². The summed E-state index contributed by atoms with van der Waals surface area (Å²) in [5.41, 5.74) is 1.05. The van der Waals surface area contributed by atoms with E-state index in [4.69, 9.17) is 13.9 Å². The number of benzene rings is 1. The van der Waals surface area contributed by atoms with Gasteiger partial charge in [0.05, 0.1) is 27.0 Å². The number of aliphatic imine (C=N–C) groups is 1. The first-order valence-electron chi connectivity index (χ1n) is 7.33. The van der Waals surface area contributed by atoms with Crippen LogP contribution in [0.4, 0.5) is 0 Å². The topological polar surface area (TPSA) is 59.2 Å². The minimum Gasteiger partial charge on any atom is -0.497 e. The van der Waals surface area contributed by atoms with Crippen LogP contribution < -0.4 is 14.8 Å². The normalized spacial score (nSPS) is 10.8. The van der Waals surface area contributed by atoms with Gasteiger partial charge in [-0.15, -0.1) is 24.0 Å². The van der Waals surface area contributed by atoms with E-state index in [0.29, 0.717) is 13.1 Å². The number of nitrogens with one attached hydrogen (secondary N) is 1. The van der Waals surface area contributed by atoms with E-state index in [1.807, 2.05) is 42.3 Å². The first kappa shape index (κ1) is 20.1. The summed E-state index contributed by atoms with van der Waals surface area (Å²) in [4.78, 5) is 6.32. The Bertz CT molecular complexity index is 645. The second-order valence-corrected chi connectivity index (χ2v) is 5.01. The predicted molar refractivity (Wildman–Crippen MR) is 105 cm³/mol. The lowest BCUT2D eigenvalue weighted by molar-refractivity contribution is 0.382. The van der Waals surface area contributed by atoms with E-state index in [-0.39, 0.29) is 24.0 Å². The molecule has 1 aromatic carbocycles. The van der Waals surface area contributed by atoms with Gasteiger partial charge in [-0.05, 0) is 24.3 Å². The van der Waals surface area contributed by atoms with Crippen molar-refractivity contribution in [2.24, 2.45) is 4.99 Å². The fourth-order valence-corrected chi connectivity index (χ4v) is 2.28. The van der Waals surface area contributed by atoms with Gasteiger partial charge in [0.25, 0.3) is 0 Å². The summed E-state index contributed by atoms with van der Waals surface area (Å²) in [7, 11) is 7.02. The van der Waals surface area contributed by atoms with Gasteiger partial charge in [0.2, 0.25) is 0 Å². The summed E-state index contributed by atoms with van der Waals surface area (Å²) in [6.45, 7) is 1.24. The number of methoxy groups -OCH3 is 2. The molecule has 0 saturated carbocycles. The standard InChI is InChI=1S/C17H23N3O3.HI/c1-18-17(19-11-15-6-5-9-23-15)20(2)12-13-7-8-14(21-3)10-16(13)22-4;/h5-10H,11-12H2,1-4H3,(H,18,19);1H. The lowest BCUT2D eigenvalue weighted by Gasteiger charge is -2.23. The first-order chi connectivity index (χ1) is 11.2. The molecule has 1 aromatic heterocycles. The smallest absolute Gasteiger partial charge is 0.194 e. The molecule has 7 heteroatoms. The van der Waals surface area contributed by atoms with Crippen molar-refractivity contribution in [3.05, 3.63) is 47.9 Å². The van der Waals surface area contributed by atoms with Gasteiger partial charge in [-0.25, -0.2) is 0 Å². The van der Waals surface area contributed by atoms with E-state index in [2.05, 4.69) is 10.3 Å². The highest BCUT2D eigenvalue weighted by molar-refractivity contribution is 14.0. The third-order valence-electron chi connectivity index (χ3n) is 3.48. The number of ether oxygens (including phenoxy) is 2. The average molecular weight is 445 g/mol. The maximum Gasteiger partial charge on any atom is 0.194 e. The second-order valence-electron chi connectivity index (χ2n) is 5.01. The molecule has 0 amide bonds. The molecule has 0 fully saturated rings. The zero-order valence-electron chi connectivity index (χ0n) is 14.4. The van der Waals surface area contributed by atoms with Crippen LogP contribution in [-0.4, -0.2) is 39.2 Å². The Morgan fingerprint density at radius 2 is 2.04 bits per heavy atom. The van der Waals surface area contributed by atoms with Gasteiger partial charge in [-0.2, -0.15) is 0 Å². The van der Waals surface area contributed by atoms with Crippen LogP contribution in [0.15, 0.2) is 46.0 Å². The number of nitrogens with zero attached hydrogens (tertiary/aromatic N) is 2. The molecule has 24 heavy (non-hydrogen) atoms. The van der Waals surface area contributed by atoms with E-state index in [0.717, 1.165) is 28.8 Å². The Morgan fingerprint density at radius 1 is 1.25 bits per heavy atom. The van der Waals surface area contributed by atoms with Crippen molar-refractivity contribution in [3.8, 4) is 11.5 Å². The lowest BCUT2D eigenvalue weighted by Crippen LogP contribution is -2.38. The molecule has 0 aliphatic carbocycles. The lowest BCUT2D eigenvalue weighted by atomic mass is 10.2. The van der Waals surface area contributed by atoms with Crippen molar-refractivity contribution in [2.45, 2.75) is 13.1 Å². The van der Waals surface area contributed by atoms with Crippen molar-refractivity contribution in [1.29, 1.82) is 0 Å². The number of furan rings is 1. The fraction of sp³-hybridized carbons (Fsp3) is 0.353. The van der Waals surface area contributed by atoms with Crippen molar-refractivity contribution < 1.29 is 13.9 Å². The van der Waals surface area contributed by atoms with Gasteiger partial charge in [-0.1, -0.05) is 0 Å². The molecular weight excluding hydrogens is 421 g/mol. The Kier molecular flexibility index (Phi) is 8.45. The van der Waals surface area contributed by atoms with Crippen LogP contribution in [0.3, 0.4) is 0 Å². The molecule has 6 nitrogen and oxygen atoms in total. The summed E-state index contributed by atoms with van der Waals surface area (Å²) in [5.74, 6) is 3.20. The molecule has 1 heterocycles. The third kappa shape index (κ3) is 5.33. The Labute approximate surface area is 159 Å². The van der Waals surface area contributed by atoms with Gasteiger partial charge < -0.3 is 24.1 Å². The number of guanidine groups is 1. The summed E-state index contributed by atoms with van der Waals surface area (Å²) in [5, 5.41) is 3.27. The van der Waals surface area contributed by atoms with Crippen LogP contribution in [-0.2, 0) is 13.1 Å². The van der Waals surface area contributed by atoms with Gasteiger partial charge in [-0.3, -0.25) is 4.99 Å². The van der Waals surface area contributed by atoms with Gasteiger partial charge in [0.1, 0.15) is 17.3 Å². The minimum absolute atomic E-state index is 0. The zero-order valence-corrected chi connectivity index (χ0v) is 16.7. The molecule has 2 aromatic rings. The molecule has 0 aliphatic rings. The molecule has 0 saturated heterocycles. The zero-order chi connectivity index (χ0) is 16.7. The van der Waals surface area contributed by atoms with Crippen molar-refractivity contribution in [1.82, 2.24) is 10.2 Å².